The van der Waals surface area contributed by atoms with Gasteiger partial charge in [-0.3, -0.25) is 0 Å². The summed E-state index contributed by atoms with van der Waals surface area (Å²) in [5.41, 5.74) is 1.21. The smallest absolute Gasteiger partial charge is 0.213 e. The molecule has 0 aromatic carbocycles. The topological polar surface area (TPSA) is 34.1 Å². The summed E-state index contributed by atoms with van der Waals surface area (Å²) in [6.07, 6.45) is 10.4. The average Bonchev–Trinajstić information content (AvgIpc) is 2.41. The third kappa shape index (κ3) is 5.03. The van der Waals surface area contributed by atoms with E-state index in [-0.39, 0.29) is 6.10 Å². The highest BCUT2D eigenvalue weighted by Crippen LogP contribution is 2.17. The third-order valence-electron chi connectivity index (χ3n) is 3.29. The normalized spacial score (nSPS) is 18.8. The number of aromatic nitrogens is 1. The van der Waals surface area contributed by atoms with Gasteiger partial charge in [0.2, 0.25) is 5.88 Å². The Balaban J connectivity index is 1.72. The number of nitrogens with zero attached hydrogens (tertiary/aromatic N) is 1. The molecular formula is C16H24N2O. The van der Waals surface area contributed by atoms with Gasteiger partial charge >= 0.3 is 0 Å². The Hall–Kier alpha value is -1.35. The zero-order chi connectivity index (χ0) is 13.5. The van der Waals surface area contributed by atoms with Crippen molar-refractivity contribution in [1.29, 1.82) is 0 Å². The molecule has 0 saturated carbocycles. The highest BCUT2D eigenvalue weighted by Gasteiger charge is 2.08. The Labute approximate surface area is 116 Å². The molecule has 1 aliphatic rings. The van der Waals surface area contributed by atoms with Crippen molar-refractivity contribution in [3.05, 3.63) is 36.0 Å². The Morgan fingerprint density at radius 1 is 1.37 bits per heavy atom. The molecule has 2 rings (SSSR count). The molecule has 1 heterocycles. The molecule has 0 bridgehead atoms. The van der Waals surface area contributed by atoms with E-state index in [1.807, 2.05) is 26.1 Å². The van der Waals surface area contributed by atoms with Gasteiger partial charge < -0.3 is 10.1 Å². The average molecular weight is 260 g/mol. The molecule has 0 fully saturated rings. The zero-order valence-corrected chi connectivity index (χ0v) is 11.9. The summed E-state index contributed by atoms with van der Waals surface area (Å²) < 4.78 is 5.53. The number of hydrogen-bond acceptors (Lipinski definition) is 3. The van der Waals surface area contributed by atoms with Gasteiger partial charge in [-0.2, -0.15) is 0 Å². The first kappa shape index (κ1) is 14.1. The quantitative estimate of drug-likeness (QED) is 0.797. The summed E-state index contributed by atoms with van der Waals surface area (Å²) in [6.45, 7) is 6.00. The predicted octanol–water partition coefficient (Wildman–Crippen LogP) is 3.31. The summed E-state index contributed by atoms with van der Waals surface area (Å²) in [4.78, 5) is 4.31. The summed E-state index contributed by atoms with van der Waals surface area (Å²) in [5.74, 6) is 1.50. The standard InChI is InChI=1S/C16H24N2O/c1-13(2)19-16-9-8-15(12-18-16)11-17-10-14-6-4-3-5-7-14/h3-4,8-9,12-14,17H,5-7,10-11H2,1-2H3. The number of ether oxygens (including phenoxy) is 1. The number of pyridine rings is 1. The minimum absolute atomic E-state index is 0.177. The fourth-order valence-electron chi connectivity index (χ4n) is 2.29. The summed E-state index contributed by atoms with van der Waals surface area (Å²) in [5, 5.41) is 3.52. The van der Waals surface area contributed by atoms with Crippen LogP contribution in [0.2, 0.25) is 0 Å². The van der Waals surface area contributed by atoms with Crippen LogP contribution < -0.4 is 10.1 Å². The van der Waals surface area contributed by atoms with Crippen LogP contribution in [-0.2, 0) is 6.54 Å². The van der Waals surface area contributed by atoms with Crippen LogP contribution in [0.4, 0.5) is 0 Å². The summed E-state index contributed by atoms with van der Waals surface area (Å²) in [6, 6.07) is 4.03. The van der Waals surface area contributed by atoms with Gasteiger partial charge in [-0.1, -0.05) is 18.2 Å². The fourth-order valence-corrected chi connectivity index (χ4v) is 2.29. The monoisotopic (exact) mass is 260 g/mol. The van der Waals surface area contributed by atoms with Gasteiger partial charge in [-0.05, 0) is 51.1 Å². The molecule has 3 heteroatoms. The zero-order valence-electron chi connectivity index (χ0n) is 11.9. The van der Waals surface area contributed by atoms with E-state index in [2.05, 4.69) is 28.5 Å². The lowest BCUT2D eigenvalue weighted by atomic mass is 9.94. The Morgan fingerprint density at radius 3 is 2.89 bits per heavy atom. The van der Waals surface area contributed by atoms with Crippen molar-refractivity contribution in [3.63, 3.8) is 0 Å². The highest BCUT2D eigenvalue weighted by molar-refractivity contribution is 5.17. The molecular weight excluding hydrogens is 236 g/mol. The van der Waals surface area contributed by atoms with Crippen molar-refractivity contribution in [1.82, 2.24) is 10.3 Å². The van der Waals surface area contributed by atoms with Crippen LogP contribution in [0.5, 0.6) is 5.88 Å². The molecule has 1 atom stereocenters. The maximum absolute atomic E-state index is 5.53. The van der Waals surface area contributed by atoms with Gasteiger partial charge in [0, 0.05) is 18.8 Å². The minimum atomic E-state index is 0.177. The molecule has 1 aliphatic carbocycles. The van der Waals surface area contributed by atoms with Crippen LogP contribution in [0.1, 0.15) is 38.7 Å². The van der Waals surface area contributed by atoms with Crippen LogP contribution >= 0.6 is 0 Å². The number of hydrogen-bond donors (Lipinski definition) is 1. The van der Waals surface area contributed by atoms with Crippen molar-refractivity contribution >= 4 is 0 Å². The van der Waals surface area contributed by atoms with Gasteiger partial charge in [-0.25, -0.2) is 4.98 Å². The highest BCUT2D eigenvalue weighted by atomic mass is 16.5. The number of allylic oxidation sites excluding steroid dienone is 2. The van der Waals surface area contributed by atoms with Crippen LogP contribution in [0.25, 0.3) is 0 Å². The van der Waals surface area contributed by atoms with E-state index >= 15 is 0 Å². The van der Waals surface area contributed by atoms with E-state index in [9.17, 15) is 0 Å². The largest absolute Gasteiger partial charge is 0.475 e. The second-order valence-electron chi connectivity index (χ2n) is 5.45. The maximum Gasteiger partial charge on any atom is 0.213 e. The molecule has 3 nitrogen and oxygen atoms in total. The molecule has 1 aromatic rings. The lowest BCUT2D eigenvalue weighted by molar-refractivity contribution is 0.232. The molecule has 1 unspecified atom stereocenters. The summed E-state index contributed by atoms with van der Waals surface area (Å²) in [7, 11) is 0. The van der Waals surface area contributed by atoms with Crippen LogP contribution in [0.15, 0.2) is 30.5 Å². The Kier molecular flexibility index (Phi) is 5.40. The Bertz CT molecular complexity index is 398. The first-order valence-electron chi connectivity index (χ1n) is 7.21. The first-order valence-corrected chi connectivity index (χ1v) is 7.21. The molecule has 1 N–H and O–H groups in total. The van der Waals surface area contributed by atoms with Crippen molar-refractivity contribution < 1.29 is 4.74 Å². The van der Waals surface area contributed by atoms with Crippen molar-refractivity contribution in [3.8, 4) is 5.88 Å². The van der Waals surface area contributed by atoms with E-state index in [0.29, 0.717) is 5.88 Å². The Morgan fingerprint density at radius 2 is 2.26 bits per heavy atom. The lowest BCUT2D eigenvalue weighted by Crippen LogP contribution is -2.23. The van der Waals surface area contributed by atoms with Gasteiger partial charge in [0.05, 0.1) is 6.10 Å². The van der Waals surface area contributed by atoms with Crippen molar-refractivity contribution in [2.24, 2.45) is 5.92 Å². The van der Waals surface area contributed by atoms with Gasteiger partial charge in [0.15, 0.2) is 0 Å². The molecule has 0 saturated heterocycles. The second-order valence-corrected chi connectivity index (χ2v) is 5.45. The van der Waals surface area contributed by atoms with E-state index < -0.39 is 0 Å². The summed E-state index contributed by atoms with van der Waals surface area (Å²) >= 11 is 0. The van der Waals surface area contributed by atoms with Crippen LogP contribution in [0.3, 0.4) is 0 Å². The van der Waals surface area contributed by atoms with E-state index in [1.54, 1.807) is 0 Å². The van der Waals surface area contributed by atoms with Crippen LogP contribution in [-0.4, -0.2) is 17.6 Å². The fraction of sp³-hybridized carbons (Fsp3) is 0.562. The van der Waals surface area contributed by atoms with Gasteiger partial charge in [-0.15, -0.1) is 0 Å². The molecule has 1 aromatic heterocycles. The first-order chi connectivity index (χ1) is 9.24. The van der Waals surface area contributed by atoms with E-state index in [4.69, 9.17) is 4.74 Å². The molecule has 0 aliphatic heterocycles. The maximum atomic E-state index is 5.53. The van der Waals surface area contributed by atoms with Crippen LogP contribution in [0, 0.1) is 5.92 Å². The molecule has 19 heavy (non-hydrogen) atoms. The molecule has 0 radical (unpaired) electrons. The lowest BCUT2D eigenvalue weighted by Gasteiger charge is -2.18. The second kappa shape index (κ2) is 7.29. The number of nitrogens with one attached hydrogen (secondary N) is 1. The van der Waals surface area contributed by atoms with Gasteiger partial charge in [0.25, 0.3) is 0 Å². The third-order valence-corrected chi connectivity index (χ3v) is 3.29. The van der Waals surface area contributed by atoms with E-state index in [1.165, 1.54) is 24.8 Å². The predicted molar refractivity (Wildman–Crippen MR) is 78.2 cm³/mol. The molecule has 104 valence electrons. The minimum Gasteiger partial charge on any atom is -0.475 e. The van der Waals surface area contributed by atoms with Gasteiger partial charge in [0.1, 0.15) is 0 Å². The van der Waals surface area contributed by atoms with E-state index in [0.717, 1.165) is 19.0 Å². The SMILES string of the molecule is CC(C)Oc1ccc(CNCC2CC=CCC2)cn1. The molecule has 0 amide bonds. The molecule has 0 spiro atoms. The van der Waals surface area contributed by atoms with Crippen molar-refractivity contribution in [2.45, 2.75) is 45.8 Å². The van der Waals surface area contributed by atoms with Crippen molar-refractivity contribution in [2.75, 3.05) is 6.54 Å². The number of rotatable bonds is 6.